The minimum absolute atomic E-state index is 0. The first-order chi connectivity index (χ1) is 11.9. The second-order valence-electron chi connectivity index (χ2n) is 6.15. The van der Waals surface area contributed by atoms with Crippen LogP contribution in [-0.4, -0.2) is 3.81 Å². The molecule has 26 heavy (non-hydrogen) atoms. The van der Waals surface area contributed by atoms with Gasteiger partial charge in [-0.25, -0.2) is 0 Å². The standard InChI is InChI=1S/C13H10.2C5H5.2ClH.Ti/c1-3-7-12(8-4-1)11-13-9-5-2-6-10-13;2*1-2-4-5-3-1;;;/h1-10H;2*1-5H;2*1H;/q;;;;;+2/p-2. The average Bonchev–Trinajstić information content (AvgIpc) is 3.35. The van der Waals surface area contributed by atoms with Crippen LogP contribution in [0.25, 0.3) is 0 Å². The van der Waals surface area contributed by atoms with E-state index in [9.17, 15) is 0 Å². The van der Waals surface area contributed by atoms with Gasteiger partial charge in [0.2, 0.25) is 0 Å². The van der Waals surface area contributed by atoms with Gasteiger partial charge in [-0.3, -0.25) is 0 Å². The zero-order chi connectivity index (χ0) is 16.2. The second kappa shape index (κ2) is 10.0. The number of rotatable bonds is 4. The van der Waals surface area contributed by atoms with Crippen molar-refractivity contribution < 1.29 is 42.2 Å². The normalized spacial score (nSPS) is 14.6. The van der Waals surface area contributed by atoms with Gasteiger partial charge in [0, 0.05) is 0 Å². The van der Waals surface area contributed by atoms with Gasteiger partial charge >= 0.3 is 150 Å². The van der Waals surface area contributed by atoms with Crippen LogP contribution in [0.2, 0.25) is 8.45 Å². The maximum Gasteiger partial charge on any atom is -1.00 e. The van der Waals surface area contributed by atoms with Gasteiger partial charge in [-0.1, -0.05) is 0 Å². The Morgan fingerprint density at radius 2 is 0.885 bits per heavy atom. The SMILES string of the molecule is C1=C[CH]([Ti+2](=[C](c2ccccc2)c2ccccc2)[CH]2C=CC=C2)C=C1.[Cl-].[Cl-]. The van der Waals surface area contributed by atoms with Gasteiger partial charge < -0.3 is 24.8 Å². The number of allylic oxidation sites excluding steroid dienone is 8. The molecule has 0 bridgehead atoms. The molecule has 0 radical (unpaired) electrons. The zero-order valence-corrected chi connectivity index (χ0v) is 17.4. The molecule has 0 aliphatic heterocycles. The van der Waals surface area contributed by atoms with Gasteiger partial charge in [-0.15, -0.1) is 0 Å². The summed E-state index contributed by atoms with van der Waals surface area (Å²) in [7, 11) is 0. The Hall–Kier alpha value is -1.44. The Kier molecular flexibility index (Phi) is 8.06. The molecule has 0 saturated heterocycles. The van der Waals surface area contributed by atoms with Crippen LogP contribution in [0.3, 0.4) is 0 Å². The van der Waals surface area contributed by atoms with Crippen LogP contribution in [0.1, 0.15) is 11.1 Å². The molecular weight excluding hydrogens is 395 g/mol. The van der Waals surface area contributed by atoms with Crippen LogP contribution < -0.4 is 24.8 Å². The van der Waals surface area contributed by atoms with E-state index in [4.69, 9.17) is 0 Å². The van der Waals surface area contributed by atoms with Crippen molar-refractivity contribution in [1.82, 2.24) is 0 Å². The quantitative estimate of drug-likeness (QED) is 0.603. The summed E-state index contributed by atoms with van der Waals surface area (Å²) in [4.78, 5) is 0. The Morgan fingerprint density at radius 1 is 0.538 bits per heavy atom. The largest absolute Gasteiger partial charge is 1.00 e. The molecule has 0 fully saturated rings. The molecule has 4 rings (SSSR count). The van der Waals surface area contributed by atoms with E-state index in [0.29, 0.717) is 8.45 Å². The molecule has 3 heteroatoms. The molecule has 2 aliphatic carbocycles. The third kappa shape index (κ3) is 4.45. The first-order valence-electron chi connectivity index (χ1n) is 8.48. The topological polar surface area (TPSA) is 0 Å². The Morgan fingerprint density at radius 3 is 1.23 bits per heavy atom. The summed E-state index contributed by atoms with van der Waals surface area (Å²) in [5, 5.41) is 0. The summed E-state index contributed by atoms with van der Waals surface area (Å²) in [6.45, 7) is 0. The Balaban J connectivity index is 0.00000121. The van der Waals surface area contributed by atoms with E-state index in [1.165, 1.54) is 11.1 Å². The maximum absolute atomic E-state index is 2.40. The molecule has 0 amide bonds. The van der Waals surface area contributed by atoms with Crippen LogP contribution in [0.5, 0.6) is 0 Å². The smallest absolute Gasteiger partial charge is 1.00 e. The molecule has 0 nitrogen and oxygen atoms in total. The van der Waals surface area contributed by atoms with Gasteiger partial charge in [-0.2, -0.15) is 0 Å². The van der Waals surface area contributed by atoms with E-state index < -0.39 is 17.4 Å². The predicted octanol–water partition coefficient (Wildman–Crippen LogP) is -0.289. The predicted molar refractivity (Wildman–Crippen MR) is 100 cm³/mol. The molecule has 130 valence electrons. The summed E-state index contributed by atoms with van der Waals surface area (Å²) in [5.41, 5.74) is 2.78. The molecule has 0 aromatic heterocycles. The van der Waals surface area contributed by atoms with Crippen molar-refractivity contribution in [1.29, 1.82) is 0 Å². The summed E-state index contributed by atoms with van der Waals surface area (Å²) in [6, 6.07) is 22.0. The molecule has 0 unspecified atom stereocenters. The minimum atomic E-state index is -1.69. The van der Waals surface area contributed by atoms with Crippen LogP contribution in [0.15, 0.2) is 109 Å². The first-order valence-corrected chi connectivity index (χ1v) is 11.1. The van der Waals surface area contributed by atoms with Crippen LogP contribution in [0, 0.1) is 0 Å². The monoisotopic (exact) mass is 414 g/mol. The van der Waals surface area contributed by atoms with Gasteiger partial charge in [-0.05, 0) is 0 Å². The molecule has 0 saturated carbocycles. The molecule has 2 aliphatic rings. The minimum Gasteiger partial charge on any atom is -1.00 e. The summed E-state index contributed by atoms with van der Waals surface area (Å²) >= 11 is -1.69. The third-order valence-corrected chi connectivity index (χ3v) is 9.88. The zero-order valence-electron chi connectivity index (χ0n) is 14.3. The molecular formula is C23H20Cl2Ti. The fraction of sp³-hybridized carbons (Fsp3) is 0.0870. The number of halogens is 2. The molecule has 0 N–H and O–H groups in total. The number of hydrogen-bond acceptors (Lipinski definition) is 0. The van der Waals surface area contributed by atoms with E-state index in [2.05, 4.69) is 109 Å². The summed E-state index contributed by atoms with van der Waals surface area (Å²) < 4.78 is 2.79. The van der Waals surface area contributed by atoms with Crippen molar-refractivity contribution in [2.24, 2.45) is 0 Å². The van der Waals surface area contributed by atoms with Gasteiger partial charge in [0.1, 0.15) is 0 Å². The molecule has 2 aromatic carbocycles. The van der Waals surface area contributed by atoms with E-state index >= 15 is 0 Å². The van der Waals surface area contributed by atoms with Crippen molar-refractivity contribution in [3.8, 4) is 0 Å². The number of benzene rings is 2. The van der Waals surface area contributed by atoms with Crippen LogP contribution >= 0.6 is 0 Å². The van der Waals surface area contributed by atoms with Crippen molar-refractivity contribution in [2.75, 3.05) is 0 Å². The fourth-order valence-electron chi connectivity index (χ4n) is 3.54. The van der Waals surface area contributed by atoms with Crippen molar-refractivity contribution in [3.05, 3.63) is 120 Å². The maximum atomic E-state index is 2.40. The van der Waals surface area contributed by atoms with Crippen molar-refractivity contribution in [2.45, 2.75) is 8.45 Å². The summed E-state index contributed by atoms with van der Waals surface area (Å²) in [5.74, 6) is 0. The van der Waals surface area contributed by atoms with Crippen LogP contribution in [-0.2, 0) is 17.4 Å². The molecule has 0 atom stereocenters. The molecule has 0 spiro atoms. The van der Waals surface area contributed by atoms with E-state index in [1.54, 1.807) is 3.81 Å². The third-order valence-electron chi connectivity index (χ3n) is 4.63. The van der Waals surface area contributed by atoms with E-state index in [-0.39, 0.29) is 24.8 Å². The average molecular weight is 415 g/mol. The molecule has 0 heterocycles. The second-order valence-corrected chi connectivity index (χ2v) is 10.4. The van der Waals surface area contributed by atoms with E-state index in [1.807, 2.05) is 0 Å². The molecule has 2 aromatic rings. The van der Waals surface area contributed by atoms with Gasteiger partial charge in [0.05, 0.1) is 0 Å². The Bertz CT molecular complexity index is 766. The first kappa shape index (κ1) is 20.9. The van der Waals surface area contributed by atoms with E-state index in [0.717, 1.165) is 0 Å². The van der Waals surface area contributed by atoms with Gasteiger partial charge in [0.25, 0.3) is 0 Å². The number of hydrogen-bond donors (Lipinski definition) is 0. The van der Waals surface area contributed by atoms with Crippen LogP contribution in [0.4, 0.5) is 0 Å². The van der Waals surface area contributed by atoms with Crippen molar-refractivity contribution in [3.63, 3.8) is 0 Å². The van der Waals surface area contributed by atoms with Gasteiger partial charge in [0.15, 0.2) is 0 Å². The summed E-state index contributed by atoms with van der Waals surface area (Å²) in [6.07, 6.45) is 18.5. The Labute approximate surface area is 174 Å². The van der Waals surface area contributed by atoms with Crippen molar-refractivity contribution >= 4 is 3.81 Å². The fourth-order valence-corrected chi connectivity index (χ4v) is 8.83.